The summed E-state index contributed by atoms with van der Waals surface area (Å²) in [6.45, 7) is 2.33. The fraction of sp³-hybridized carbons (Fsp3) is 0.538. The van der Waals surface area contributed by atoms with Gasteiger partial charge in [0.1, 0.15) is 0 Å². The molecule has 2 aliphatic carbocycles. The van der Waals surface area contributed by atoms with Crippen molar-refractivity contribution in [3.05, 3.63) is 35.5 Å². The Balaban J connectivity index is 1.79. The number of hydrogen-bond acceptors (Lipinski definition) is 1. The highest BCUT2D eigenvalue weighted by atomic mass is 15.1. The van der Waals surface area contributed by atoms with Gasteiger partial charge in [-0.2, -0.15) is 0 Å². The Morgan fingerprint density at radius 2 is 2.29 bits per heavy atom. The van der Waals surface area contributed by atoms with Gasteiger partial charge < -0.3 is 4.90 Å². The lowest BCUT2D eigenvalue weighted by Gasteiger charge is -2.23. The maximum absolute atomic E-state index is 2.49. The van der Waals surface area contributed by atoms with E-state index in [2.05, 4.69) is 36.3 Å². The van der Waals surface area contributed by atoms with Gasteiger partial charge >= 0.3 is 0 Å². The van der Waals surface area contributed by atoms with E-state index < -0.39 is 0 Å². The zero-order valence-corrected chi connectivity index (χ0v) is 8.74. The molecule has 1 aliphatic heterocycles. The third kappa shape index (κ3) is 1.46. The molecule has 1 heterocycles. The number of likely N-dealkylation sites (N-methyl/N-ethyl adjacent to an activating group) is 1. The third-order valence-corrected chi connectivity index (χ3v) is 3.59. The normalized spacial score (nSPS) is 36.1. The van der Waals surface area contributed by atoms with E-state index in [1.54, 1.807) is 5.57 Å². The van der Waals surface area contributed by atoms with E-state index in [0.717, 1.165) is 18.4 Å². The lowest BCUT2D eigenvalue weighted by molar-refractivity contribution is 0.360. The molecule has 1 heteroatoms. The van der Waals surface area contributed by atoms with Gasteiger partial charge in [0.15, 0.2) is 0 Å². The van der Waals surface area contributed by atoms with Crippen molar-refractivity contribution in [3.63, 3.8) is 0 Å². The molecule has 0 aromatic carbocycles. The summed E-state index contributed by atoms with van der Waals surface area (Å²) in [5, 5.41) is 0. The van der Waals surface area contributed by atoms with Crippen molar-refractivity contribution in [3.8, 4) is 0 Å². The molecule has 0 N–H and O–H groups in total. The first-order valence-electron chi connectivity index (χ1n) is 5.61. The van der Waals surface area contributed by atoms with E-state index in [1.165, 1.54) is 25.0 Å². The van der Waals surface area contributed by atoms with Gasteiger partial charge in [0.05, 0.1) is 0 Å². The van der Waals surface area contributed by atoms with E-state index in [0.29, 0.717) is 0 Å². The first-order chi connectivity index (χ1) is 6.83. The largest absolute Gasteiger partial charge is 0.302 e. The Kier molecular flexibility index (Phi) is 1.88. The van der Waals surface area contributed by atoms with Crippen LogP contribution in [0.15, 0.2) is 35.5 Å². The molecule has 3 rings (SSSR count). The summed E-state index contributed by atoms with van der Waals surface area (Å²) in [5.41, 5.74) is 3.08. The van der Waals surface area contributed by atoms with Crippen LogP contribution in [0.4, 0.5) is 0 Å². The maximum atomic E-state index is 2.49. The minimum atomic E-state index is 0.885. The SMILES string of the molecule is CN1CC=C(C2=CC3CC3C=C2)CC1. The van der Waals surface area contributed by atoms with Crippen LogP contribution in [0, 0.1) is 11.8 Å². The van der Waals surface area contributed by atoms with E-state index in [9.17, 15) is 0 Å². The smallest absolute Gasteiger partial charge is 0.0166 e. The number of hydrogen-bond donors (Lipinski definition) is 0. The minimum absolute atomic E-state index is 0.885. The van der Waals surface area contributed by atoms with Gasteiger partial charge in [-0.1, -0.05) is 24.3 Å². The van der Waals surface area contributed by atoms with Crippen molar-refractivity contribution in [2.75, 3.05) is 20.1 Å². The summed E-state index contributed by atoms with van der Waals surface area (Å²) < 4.78 is 0. The van der Waals surface area contributed by atoms with Crippen LogP contribution in [0.3, 0.4) is 0 Å². The van der Waals surface area contributed by atoms with E-state index >= 15 is 0 Å². The van der Waals surface area contributed by atoms with E-state index in [4.69, 9.17) is 0 Å². The second kappa shape index (κ2) is 3.09. The standard InChI is InChI=1S/C13H17N/c1-14-6-4-10(5-7-14)11-2-3-12-9-13(12)8-11/h2-4,8,12-13H,5-7,9H2,1H3. The summed E-state index contributed by atoms with van der Waals surface area (Å²) in [5.74, 6) is 1.78. The summed E-state index contributed by atoms with van der Waals surface area (Å²) >= 11 is 0. The van der Waals surface area contributed by atoms with Gasteiger partial charge in [0.2, 0.25) is 0 Å². The predicted octanol–water partition coefficient (Wildman–Crippen LogP) is 2.38. The summed E-state index contributed by atoms with van der Waals surface area (Å²) in [6, 6.07) is 0. The minimum Gasteiger partial charge on any atom is -0.302 e. The Morgan fingerprint density at radius 1 is 1.36 bits per heavy atom. The monoisotopic (exact) mass is 187 g/mol. The molecule has 1 fully saturated rings. The molecule has 0 radical (unpaired) electrons. The first-order valence-corrected chi connectivity index (χ1v) is 5.61. The van der Waals surface area contributed by atoms with Crippen molar-refractivity contribution < 1.29 is 0 Å². The zero-order valence-electron chi connectivity index (χ0n) is 8.74. The second-order valence-electron chi connectivity index (χ2n) is 4.79. The fourth-order valence-electron chi connectivity index (χ4n) is 2.41. The second-order valence-corrected chi connectivity index (χ2v) is 4.79. The number of rotatable bonds is 1. The molecule has 74 valence electrons. The lowest BCUT2D eigenvalue weighted by Crippen LogP contribution is -2.24. The molecule has 0 amide bonds. The van der Waals surface area contributed by atoms with Crippen molar-refractivity contribution in [2.24, 2.45) is 11.8 Å². The molecule has 0 bridgehead atoms. The van der Waals surface area contributed by atoms with Gasteiger partial charge in [0.25, 0.3) is 0 Å². The molecule has 0 saturated heterocycles. The third-order valence-electron chi connectivity index (χ3n) is 3.59. The van der Waals surface area contributed by atoms with Crippen LogP contribution in [0.1, 0.15) is 12.8 Å². The number of nitrogens with zero attached hydrogens (tertiary/aromatic N) is 1. The summed E-state index contributed by atoms with van der Waals surface area (Å²) in [4.78, 5) is 2.37. The molecular formula is C13H17N. The predicted molar refractivity (Wildman–Crippen MR) is 59.0 cm³/mol. The molecule has 0 spiro atoms. The van der Waals surface area contributed by atoms with Crippen molar-refractivity contribution in [1.29, 1.82) is 0 Å². The van der Waals surface area contributed by atoms with Gasteiger partial charge in [-0.3, -0.25) is 0 Å². The molecule has 2 atom stereocenters. The van der Waals surface area contributed by atoms with Gasteiger partial charge in [-0.05, 0) is 42.9 Å². The van der Waals surface area contributed by atoms with Gasteiger partial charge in [0, 0.05) is 13.1 Å². The van der Waals surface area contributed by atoms with Crippen molar-refractivity contribution >= 4 is 0 Å². The molecular weight excluding hydrogens is 170 g/mol. The van der Waals surface area contributed by atoms with E-state index in [-0.39, 0.29) is 0 Å². The fourth-order valence-corrected chi connectivity index (χ4v) is 2.41. The average molecular weight is 187 g/mol. The Hall–Kier alpha value is -0.820. The quantitative estimate of drug-likeness (QED) is 0.609. The Morgan fingerprint density at radius 3 is 3.00 bits per heavy atom. The highest BCUT2D eigenvalue weighted by Gasteiger charge is 2.35. The Labute approximate surface area is 85.8 Å². The molecule has 3 aliphatic rings. The van der Waals surface area contributed by atoms with Crippen LogP contribution < -0.4 is 0 Å². The molecule has 0 aromatic heterocycles. The molecule has 1 saturated carbocycles. The average Bonchev–Trinajstić information content (AvgIpc) is 2.96. The first kappa shape index (κ1) is 8.49. The number of allylic oxidation sites excluding steroid dienone is 4. The number of fused-ring (bicyclic) bond motifs is 1. The molecule has 0 aromatic rings. The lowest BCUT2D eigenvalue weighted by atomic mass is 9.95. The molecule has 2 unspecified atom stereocenters. The van der Waals surface area contributed by atoms with Crippen LogP contribution in [-0.4, -0.2) is 25.0 Å². The van der Waals surface area contributed by atoms with Gasteiger partial charge in [-0.15, -0.1) is 0 Å². The van der Waals surface area contributed by atoms with Crippen LogP contribution >= 0.6 is 0 Å². The van der Waals surface area contributed by atoms with Gasteiger partial charge in [-0.25, -0.2) is 0 Å². The maximum Gasteiger partial charge on any atom is 0.0166 e. The summed E-state index contributed by atoms with van der Waals surface area (Å²) in [6.07, 6.45) is 12.2. The van der Waals surface area contributed by atoms with Crippen LogP contribution in [-0.2, 0) is 0 Å². The van der Waals surface area contributed by atoms with E-state index in [1.807, 2.05) is 0 Å². The van der Waals surface area contributed by atoms with Crippen molar-refractivity contribution in [1.82, 2.24) is 4.90 Å². The highest BCUT2D eigenvalue weighted by Crippen LogP contribution is 2.45. The summed E-state index contributed by atoms with van der Waals surface area (Å²) in [7, 11) is 2.19. The van der Waals surface area contributed by atoms with Crippen LogP contribution in [0.25, 0.3) is 0 Å². The zero-order chi connectivity index (χ0) is 9.54. The molecule has 1 nitrogen and oxygen atoms in total. The Bertz CT molecular complexity index is 335. The van der Waals surface area contributed by atoms with Crippen LogP contribution in [0.2, 0.25) is 0 Å². The van der Waals surface area contributed by atoms with Crippen LogP contribution in [0.5, 0.6) is 0 Å². The molecule has 14 heavy (non-hydrogen) atoms. The highest BCUT2D eigenvalue weighted by molar-refractivity contribution is 5.45. The topological polar surface area (TPSA) is 3.24 Å². The van der Waals surface area contributed by atoms with Crippen molar-refractivity contribution in [2.45, 2.75) is 12.8 Å².